The van der Waals surface area contributed by atoms with E-state index in [1.54, 1.807) is 0 Å². The highest BCUT2D eigenvalue weighted by molar-refractivity contribution is 6.92. The molecule has 0 spiro atoms. The van der Waals surface area contributed by atoms with Crippen LogP contribution >= 0.6 is 9.90 Å². The van der Waals surface area contributed by atoms with Crippen molar-refractivity contribution in [3.8, 4) is 0 Å². The lowest BCUT2D eigenvalue weighted by molar-refractivity contribution is 1.02. The maximum atomic E-state index is 2.75. The van der Waals surface area contributed by atoms with Crippen LogP contribution in [0.5, 0.6) is 0 Å². The monoisotopic (exact) mass is 79.1 g/mol. The van der Waals surface area contributed by atoms with Gasteiger partial charge in [0.15, 0.2) is 0 Å². The van der Waals surface area contributed by atoms with Crippen LogP contribution < -0.4 is 5.32 Å². The summed E-state index contributed by atoms with van der Waals surface area (Å²) in [6.45, 7) is 0. The number of hydrogen-bond donors (Lipinski definition) is 1. The van der Waals surface area contributed by atoms with Gasteiger partial charge in [-0.2, -0.15) is 9.90 Å². The minimum absolute atomic E-state index is 0. The Morgan fingerprint density at radius 2 is 1.25 bits per heavy atom. The predicted molar refractivity (Wildman–Crippen MR) is 26.1 cm³/mol. The molecular formula is C2H10NP. The van der Waals surface area contributed by atoms with Gasteiger partial charge in [-0.3, -0.25) is 0 Å². The van der Waals surface area contributed by atoms with Crippen LogP contribution in [0.15, 0.2) is 0 Å². The number of nitrogens with one attached hydrogen (secondary N) is 1. The summed E-state index contributed by atoms with van der Waals surface area (Å²) in [4.78, 5) is 0. The van der Waals surface area contributed by atoms with Crippen LogP contribution in [-0.2, 0) is 0 Å². The Bertz CT molecular complexity index is 6.00. The van der Waals surface area contributed by atoms with E-state index < -0.39 is 0 Å². The standard InChI is InChI=1S/C2H7N.H3P/c1-3-2;/h3H,1-2H3;1H3. The molecule has 0 rings (SSSR count). The summed E-state index contributed by atoms with van der Waals surface area (Å²) in [6.07, 6.45) is 0. The average molecular weight is 79.1 g/mol. The van der Waals surface area contributed by atoms with E-state index in [9.17, 15) is 0 Å². The van der Waals surface area contributed by atoms with E-state index in [1.165, 1.54) is 0 Å². The van der Waals surface area contributed by atoms with Crippen molar-refractivity contribution in [2.45, 2.75) is 0 Å². The van der Waals surface area contributed by atoms with Crippen molar-refractivity contribution in [2.24, 2.45) is 0 Å². The number of hydrogen-bond acceptors (Lipinski definition) is 1. The van der Waals surface area contributed by atoms with Crippen LogP contribution in [0.3, 0.4) is 0 Å². The fourth-order valence-corrected chi connectivity index (χ4v) is 0. The highest BCUT2D eigenvalue weighted by atomic mass is 31.0. The summed E-state index contributed by atoms with van der Waals surface area (Å²) in [5.74, 6) is 0. The van der Waals surface area contributed by atoms with Gasteiger partial charge in [0.25, 0.3) is 0 Å². The Labute approximate surface area is 30.4 Å². The molecule has 4 heavy (non-hydrogen) atoms. The molecule has 0 saturated carbocycles. The summed E-state index contributed by atoms with van der Waals surface area (Å²) in [5, 5.41) is 2.75. The largest absolute Gasteiger partial charge is 0.323 e. The van der Waals surface area contributed by atoms with E-state index in [2.05, 4.69) is 5.32 Å². The average Bonchev–Trinajstić information content (AvgIpc) is 0.918. The van der Waals surface area contributed by atoms with Gasteiger partial charge >= 0.3 is 0 Å². The maximum absolute atomic E-state index is 2.75. The zero-order valence-corrected chi connectivity index (χ0v) is 4.62. The minimum Gasteiger partial charge on any atom is -0.323 e. The summed E-state index contributed by atoms with van der Waals surface area (Å²) in [6, 6.07) is 0. The van der Waals surface area contributed by atoms with Crippen molar-refractivity contribution in [3.63, 3.8) is 0 Å². The molecule has 2 heteroatoms. The van der Waals surface area contributed by atoms with Gasteiger partial charge in [0.2, 0.25) is 0 Å². The van der Waals surface area contributed by atoms with E-state index in [1.807, 2.05) is 14.1 Å². The van der Waals surface area contributed by atoms with Crippen LogP contribution in [0.1, 0.15) is 0 Å². The van der Waals surface area contributed by atoms with E-state index in [-0.39, 0.29) is 9.90 Å². The van der Waals surface area contributed by atoms with Gasteiger partial charge in [0.05, 0.1) is 0 Å². The van der Waals surface area contributed by atoms with Crippen LogP contribution in [-0.4, -0.2) is 14.1 Å². The van der Waals surface area contributed by atoms with Crippen molar-refractivity contribution in [1.82, 2.24) is 5.32 Å². The first kappa shape index (κ1) is 8.83. The van der Waals surface area contributed by atoms with Gasteiger partial charge in [-0.15, -0.1) is 0 Å². The first-order valence-electron chi connectivity index (χ1n) is 1.00. The molecule has 0 amide bonds. The zero-order valence-electron chi connectivity index (χ0n) is 3.21. The van der Waals surface area contributed by atoms with Gasteiger partial charge in [0.1, 0.15) is 0 Å². The van der Waals surface area contributed by atoms with Gasteiger partial charge in [-0.05, 0) is 14.1 Å². The van der Waals surface area contributed by atoms with Crippen molar-refractivity contribution in [1.29, 1.82) is 0 Å². The molecule has 0 aromatic carbocycles. The van der Waals surface area contributed by atoms with Crippen LogP contribution in [0.2, 0.25) is 0 Å². The highest BCUT2D eigenvalue weighted by Gasteiger charge is 1.25. The fourth-order valence-electron chi connectivity index (χ4n) is 0. The first-order chi connectivity index (χ1) is 1.41. The summed E-state index contributed by atoms with van der Waals surface area (Å²) < 4.78 is 0. The Kier molecular flexibility index (Phi) is 22.1. The Morgan fingerprint density at radius 3 is 1.25 bits per heavy atom. The molecule has 1 unspecified atom stereocenters. The molecular weight excluding hydrogens is 69.0 g/mol. The summed E-state index contributed by atoms with van der Waals surface area (Å²) >= 11 is 0. The van der Waals surface area contributed by atoms with Crippen molar-refractivity contribution in [3.05, 3.63) is 0 Å². The fraction of sp³-hybridized carbons (Fsp3) is 1.00. The maximum Gasteiger partial charge on any atom is -0.0167 e. The zero-order chi connectivity index (χ0) is 2.71. The topological polar surface area (TPSA) is 12.0 Å². The molecule has 0 fully saturated rings. The minimum atomic E-state index is 0. The molecule has 0 heterocycles. The predicted octanol–water partition coefficient (Wildman–Crippen LogP) is -0.106. The lowest BCUT2D eigenvalue weighted by atomic mass is 11.3. The molecule has 0 aromatic heterocycles. The van der Waals surface area contributed by atoms with Gasteiger partial charge in [-0.1, -0.05) is 0 Å². The lowest BCUT2D eigenvalue weighted by Crippen LogP contribution is -1.89. The van der Waals surface area contributed by atoms with E-state index in [0.717, 1.165) is 0 Å². The van der Waals surface area contributed by atoms with Crippen LogP contribution in [0.25, 0.3) is 0 Å². The van der Waals surface area contributed by atoms with Gasteiger partial charge in [-0.25, -0.2) is 0 Å². The third-order valence-corrected chi connectivity index (χ3v) is 0. The SMILES string of the molecule is CNC.P. The molecule has 1 atom stereocenters. The van der Waals surface area contributed by atoms with Crippen molar-refractivity contribution in [2.75, 3.05) is 14.1 Å². The second kappa shape index (κ2) is 10.0. The normalized spacial score (nSPS) is 4.50. The highest BCUT2D eigenvalue weighted by Crippen LogP contribution is 0.981. The summed E-state index contributed by atoms with van der Waals surface area (Å²) in [5.41, 5.74) is 0. The quantitative estimate of drug-likeness (QED) is 0.399. The second-order valence-electron chi connectivity index (χ2n) is 0.500. The summed E-state index contributed by atoms with van der Waals surface area (Å²) in [7, 11) is 3.75. The molecule has 0 saturated heterocycles. The van der Waals surface area contributed by atoms with Gasteiger partial charge < -0.3 is 5.32 Å². The molecule has 0 aliphatic carbocycles. The number of rotatable bonds is 0. The molecule has 1 N–H and O–H groups in total. The van der Waals surface area contributed by atoms with Crippen molar-refractivity contribution >= 4 is 9.90 Å². The second-order valence-corrected chi connectivity index (χ2v) is 0.500. The smallest absolute Gasteiger partial charge is 0.0167 e. The van der Waals surface area contributed by atoms with E-state index >= 15 is 0 Å². The molecule has 0 aliphatic heterocycles. The molecule has 1 nitrogen and oxygen atoms in total. The molecule has 0 aromatic rings. The molecule has 0 radical (unpaired) electrons. The molecule has 0 aliphatic rings. The Hall–Kier alpha value is 0.390. The van der Waals surface area contributed by atoms with E-state index in [4.69, 9.17) is 0 Å². The van der Waals surface area contributed by atoms with Crippen molar-refractivity contribution < 1.29 is 0 Å². The lowest BCUT2D eigenvalue weighted by Gasteiger charge is -1.59. The third-order valence-electron chi connectivity index (χ3n) is 0. The van der Waals surface area contributed by atoms with Gasteiger partial charge in [0, 0.05) is 0 Å². The van der Waals surface area contributed by atoms with Crippen LogP contribution in [0, 0.1) is 0 Å². The molecule has 0 bridgehead atoms. The molecule has 28 valence electrons. The third kappa shape index (κ3) is 30.4. The first-order valence-corrected chi connectivity index (χ1v) is 1.00. The van der Waals surface area contributed by atoms with Crippen LogP contribution in [0.4, 0.5) is 0 Å². The Balaban J connectivity index is 0. The Morgan fingerprint density at radius 1 is 1.25 bits per heavy atom. The van der Waals surface area contributed by atoms with E-state index in [0.29, 0.717) is 0 Å².